The van der Waals surface area contributed by atoms with Crippen LogP contribution in [0.5, 0.6) is 0 Å². The maximum absolute atomic E-state index is 12.5. The normalized spacial score (nSPS) is 23.7. The van der Waals surface area contributed by atoms with Crippen LogP contribution < -0.4 is 11.1 Å². The molecule has 3 N–H and O–H groups in total. The van der Waals surface area contributed by atoms with Crippen molar-refractivity contribution in [2.45, 2.75) is 37.3 Å². The molecule has 4 nitrogen and oxygen atoms in total. The Bertz CT molecular complexity index is 530. The minimum Gasteiger partial charge on any atom is -0.392 e. The van der Waals surface area contributed by atoms with E-state index in [4.69, 9.17) is 18.0 Å². The second kappa shape index (κ2) is 6.12. The number of hydrogen-bond acceptors (Lipinski definition) is 3. The molecule has 1 aliphatic heterocycles. The monoisotopic (exact) mass is 303 g/mol. The van der Waals surface area contributed by atoms with Crippen LogP contribution in [0.3, 0.4) is 0 Å². The lowest BCUT2D eigenvalue weighted by Gasteiger charge is -2.20. The molecule has 0 aromatic heterocycles. The van der Waals surface area contributed by atoms with Crippen LogP contribution in [0.4, 0.5) is 0 Å². The Labute approximate surface area is 130 Å². The molecule has 0 radical (unpaired) electrons. The molecule has 21 heavy (non-hydrogen) atoms. The van der Waals surface area contributed by atoms with Gasteiger partial charge in [-0.15, -0.1) is 0 Å². The van der Waals surface area contributed by atoms with Gasteiger partial charge in [-0.1, -0.05) is 42.5 Å². The van der Waals surface area contributed by atoms with Crippen molar-refractivity contribution in [2.24, 2.45) is 5.73 Å². The molecule has 1 aliphatic carbocycles. The zero-order valence-electron chi connectivity index (χ0n) is 12.0. The van der Waals surface area contributed by atoms with Crippen LogP contribution in [-0.2, 0) is 4.79 Å². The van der Waals surface area contributed by atoms with Crippen LogP contribution in [0.25, 0.3) is 0 Å². The van der Waals surface area contributed by atoms with Gasteiger partial charge in [0.2, 0.25) is 5.91 Å². The van der Waals surface area contributed by atoms with Crippen molar-refractivity contribution in [3.63, 3.8) is 0 Å². The molecule has 1 amide bonds. The molecule has 2 aliphatic rings. The van der Waals surface area contributed by atoms with Crippen molar-refractivity contribution in [1.29, 1.82) is 0 Å². The van der Waals surface area contributed by atoms with E-state index in [0.717, 1.165) is 31.1 Å². The highest BCUT2D eigenvalue weighted by Gasteiger charge is 2.35. The zero-order valence-corrected chi connectivity index (χ0v) is 12.8. The first-order valence-corrected chi connectivity index (χ1v) is 7.94. The number of nitrogens with zero attached hydrogens (tertiary/aromatic N) is 1. The Morgan fingerprint density at radius 1 is 1.29 bits per heavy atom. The molecule has 112 valence electrons. The number of carbonyl (C=O) groups is 1. The summed E-state index contributed by atoms with van der Waals surface area (Å²) in [5, 5.41) is 3.12. The van der Waals surface area contributed by atoms with Crippen molar-refractivity contribution < 1.29 is 4.79 Å². The summed E-state index contributed by atoms with van der Waals surface area (Å²) in [5.41, 5.74) is 6.65. The highest BCUT2D eigenvalue weighted by molar-refractivity contribution is 7.80. The quantitative estimate of drug-likeness (QED) is 0.808. The molecule has 2 unspecified atom stereocenters. The van der Waals surface area contributed by atoms with Crippen LogP contribution in [0.1, 0.15) is 30.7 Å². The zero-order chi connectivity index (χ0) is 14.8. The fourth-order valence-electron chi connectivity index (χ4n) is 3.05. The number of amides is 1. The lowest BCUT2D eigenvalue weighted by atomic mass is 9.98. The maximum atomic E-state index is 12.5. The van der Waals surface area contributed by atoms with Crippen molar-refractivity contribution in [2.75, 3.05) is 13.1 Å². The number of likely N-dealkylation sites (tertiary alicyclic amines) is 1. The lowest BCUT2D eigenvalue weighted by Crippen LogP contribution is -2.43. The Morgan fingerprint density at radius 3 is 2.62 bits per heavy atom. The third kappa shape index (κ3) is 3.41. The second-order valence-corrected chi connectivity index (χ2v) is 6.44. The molecule has 3 rings (SSSR count). The van der Waals surface area contributed by atoms with Gasteiger partial charge < -0.3 is 11.1 Å². The number of nitrogens with one attached hydrogen (secondary N) is 1. The maximum Gasteiger partial charge on any atom is 0.234 e. The van der Waals surface area contributed by atoms with E-state index in [2.05, 4.69) is 10.2 Å². The van der Waals surface area contributed by atoms with Crippen LogP contribution in [0.2, 0.25) is 0 Å². The van der Waals surface area contributed by atoms with E-state index >= 15 is 0 Å². The number of thiocarbonyl (C=S) groups is 1. The van der Waals surface area contributed by atoms with Gasteiger partial charge >= 0.3 is 0 Å². The molecule has 1 aromatic carbocycles. The Balaban J connectivity index is 1.63. The van der Waals surface area contributed by atoms with Crippen LogP contribution in [0, 0.1) is 0 Å². The summed E-state index contributed by atoms with van der Waals surface area (Å²) < 4.78 is 0. The predicted octanol–water partition coefficient (Wildman–Crippen LogP) is 1.41. The third-order valence-corrected chi connectivity index (χ3v) is 4.54. The van der Waals surface area contributed by atoms with E-state index in [-0.39, 0.29) is 16.9 Å². The topological polar surface area (TPSA) is 58.4 Å². The first-order chi connectivity index (χ1) is 10.1. The molecule has 0 bridgehead atoms. The minimum absolute atomic E-state index is 0.0728. The van der Waals surface area contributed by atoms with Crippen molar-refractivity contribution in [3.05, 3.63) is 35.9 Å². The Morgan fingerprint density at radius 2 is 2.00 bits per heavy atom. The Hall–Kier alpha value is -1.46. The third-order valence-electron chi connectivity index (χ3n) is 4.31. The van der Waals surface area contributed by atoms with E-state index in [1.165, 1.54) is 12.8 Å². The first-order valence-electron chi connectivity index (χ1n) is 7.54. The van der Waals surface area contributed by atoms with Crippen molar-refractivity contribution in [3.8, 4) is 0 Å². The predicted molar refractivity (Wildman–Crippen MR) is 87.1 cm³/mol. The van der Waals surface area contributed by atoms with E-state index in [1.807, 2.05) is 30.3 Å². The van der Waals surface area contributed by atoms with Crippen LogP contribution >= 0.6 is 12.2 Å². The molecule has 1 saturated heterocycles. The van der Waals surface area contributed by atoms with E-state index in [1.54, 1.807) is 0 Å². The van der Waals surface area contributed by atoms with Gasteiger partial charge in [-0.2, -0.15) is 0 Å². The SMILES string of the molecule is NC(=S)C(C(=O)NC1CCN(C2CC2)C1)c1ccccc1. The number of hydrogen-bond donors (Lipinski definition) is 2. The summed E-state index contributed by atoms with van der Waals surface area (Å²) in [5.74, 6) is -0.604. The summed E-state index contributed by atoms with van der Waals surface area (Å²) in [6.45, 7) is 2.04. The van der Waals surface area contributed by atoms with Gasteiger partial charge in [0, 0.05) is 25.2 Å². The molecule has 1 aromatic rings. The van der Waals surface area contributed by atoms with E-state index in [0.29, 0.717) is 0 Å². The fourth-order valence-corrected chi connectivity index (χ4v) is 3.29. The number of rotatable bonds is 5. The van der Waals surface area contributed by atoms with Crippen LogP contribution in [0.15, 0.2) is 30.3 Å². The van der Waals surface area contributed by atoms with Gasteiger partial charge in [0.25, 0.3) is 0 Å². The van der Waals surface area contributed by atoms with Crippen molar-refractivity contribution >= 4 is 23.1 Å². The number of benzene rings is 1. The standard InChI is InChI=1S/C16H21N3OS/c17-15(21)14(11-4-2-1-3-5-11)16(20)18-12-8-9-19(10-12)13-6-7-13/h1-5,12-14H,6-10H2,(H2,17,21)(H,18,20). The average Bonchev–Trinajstić information content (AvgIpc) is 3.21. The molecule has 5 heteroatoms. The molecule has 1 heterocycles. The van der Waals surface area contributed by atoms with Gasteiger partial charge in [0.15, 0.2) is 0 Å². The summed E-state index contributed by atoms with van der Waals surface area (Å²) >= 11 is 5.10. The molecule has 2 atom stereocenters. The number of carbonyl (C=O) groups excluding carboxylic acids is 1. The molecule has 2 fully saturated rings. The summed E-state index contributed by atoms with van der Waals surface area (Å²) in [7, 11) is 0. The van der Waals surface area contributed by atoms with Gasteiger partial charge in [0.05, 0.1) is 4.99 Å². The van der Waals surface area contributed by atoms with Gasteiger partial charge in [-0.3, -0.25) is 9.69 Å². The number of nitrogens with two attached hydrogens (primary N) is 1. The molecular weight excluding hydrogens is 282 g/mol. The highest BCUT2D eigenvalue weighted by atomic mass is 32.1. The molecular formula is C16H21N3OS. The lowest BCUT2D eigenvalue weighted by molar-refractivity contribution is -0.121. The van der Waals surface area contributed by atoms with Gasteiger partial charge in [0.1, 0.15) is 5.92 Å². The first kappa shape index (κ1) is 14.5. The highest BCUT2D eigenvalue weighted by Crippen LogP contribution is 2.30. The van der Waals surface area contributed by atoms with Crippen LogP contribution in [-0.4, -0.2) is 41.0 Å². The van der Waals surface area contributed by atoms with Gasteiger partial charge in [-0.25, -0.2) is 0 Å². The summed E-state index contributed by atoms with van der Waals surface area (Å²) in [4.78, 5) is 15.2. The second-order valence-electron chi connectivity index (χ2n) is 5.97. The largest absolute Gasteiger partial charge is 0.392 e. The average molecular weight is 303 g/mol. The van der Waals surface area contributed by atoms with Gasteiger partial charge in [-0.05, 0) is 24.8 Å². The minimum atomic E-state index is -0.531. The van der Waals surface area contributed by atoms with E-state index < -0.39 is 5.92 Å². The summed E-state index contributed by atoms with van der Waals surface area (Å²) in [6.07, 6.45) is 3.63. The summed E-state index contributed by atoms with van der Waals surface area (Å²) in [6, 6.07) is 10.5. The van der Waals surface area contributed by atoms with Crippen molar-refractivity contribution in [1.82, 2.24) is 10.2 Å². The Kier molecular flexibility index (Phi) is 4.22. The molecule has 1 saturated carbocycles. The fraction of sp³-hybridized carbons (Fsp3) is 0.500. The van der Waals surface area contributed by atoms with E-state index in [9.17, 15) is 4.79 Å². The smallest absolute Gasteiger partial charge is 0.234 e. The molecule has 0 spiro atoms.